The van der Waals surface area contributed by atoms with Crippen molar-refractivity contribution in [2.24, 2.45) is 11.8 Å². The number of carbonyl (C=O) groups is 1. The second-order valence-corrected chi connectivity index (χ2v) is 10.6. The monoisotopic (exact) mass is 502 g/mol. The summed E-state index contributed by atoms with van der Waals surface area (Å²) in [5.74, 6) is 0.106. The number of carbonyl (C=O) groups excluding carboxylic acids is 1. The van der Waals surface area contributed by atoms with Crippen LogP contribution in [0.5, 0.6) is 11.8 Å². The number of fused-ring (bicyclic) bond motifs is 2. The molecule has 10 heteroatoms. The Hall–Kier alpha value is -2.62. The summed E-state index contributed by atoms with van der Waals surface area (Å²) in [7, 11) is 0. The van der Waals surface area contributed by atoms with Gasteiger partial charge in [0, 0.05) is 62.1 Å². The van der Waals surface area contributed by atoms with E-state index in [1.54, 1.807) is 4.90 Å². The van der Waals surface area contributed by atoms with Crippen molar-refractivity contribution in [2.45, 2.75) is 38.0 Å². The molecule has 4 heterocycles. The highest BCUT2D eigenvalue weighted by Crippen LogP contribution is 2.38. The lowest BCUT2D eigenvalue weighted by Crippen LogP contribution is -2.49. The van der Waals surface area contributed by atoms with E-state index in [1.807, 2.05) is 6.07 Å². The summed E-state index contributed by atoms with van der Waals surface area (Å²) < 4.78 is 6.77. The third-order valence-corrected chi connectivity index (χ3v) is 8.26. The first-order chi connectivity index (χ1) is 17.0. The number of anilines is 1. The minimum Gasteiger partial charge on any atom is -0.492 e. The third-order valence-electron chi connectivity index (χ3n) is 8.02. The van der Waals surface area contributed by atoms with Crippen molar-refractivity contribution in [3.05, 3.63) is 40.9 Å². The molecule has 4 fully saturated rings. The lowest BCUT2D eigenvalue weighted by molar-refractivity contribution is 0.0255. The summed E-state index contributed by atoms with van der Waals surface area (Å²) in [5.41, 5.74) is 2.52. The van der Waals surface area contributed by atoms with Crippen LogP contribution in [0.15, 0.2) is 30.3 Å². The fourth-order valence-corrected chi connectivity index (χ4v) is 6.57. The van der Waals surface area contributed by atoms with Gasteiger partial charge in [0.2, 0.25) is 11.8 Å². The Kier molecular flexibility index (Phi) is 5.94. The normalized spacial score (nSPS) is 28.4. The number of amides is 1. The lowest BCUT2D eigenvalue weighted by Gasteiger charge is -2.40. The number of hydrogen-bond donors (Lipinski definition) is 2. The molecule has 188 valence electrons. The zero-order valence-corrected chi connectivity index (χ0v) is 20.3. The maximum Gasteiger partial charge on any atom is 0.434 e. The van der Waals surface area contributed by atoms with Crippen LogP contribution in [0.4, 0.5) is 10.5 Å². The van der Waals surface area contributed by atoms with Crippen LogP contribution in [0.25, 0.3) is 0 Å². The maximum atomic E-state index is 12.6. The van der Waals surface area contributed by atoms with Crippen molar-refractivity contribution in [1.29, 1.82) is 0 Å². The zero-order chi connectivity index (χ0) is 24.1. The molecule has 1 aliphatic carbocycles. The molecule has 1 amide bonds. The van der Waals surface area contributed by atoms with Gasteiger partial charge in [-0.3, -0.25) is 4.90 Å². The predicted molar refractivity (Wildman–Crippen MR) is 130 cm³/mol. The van der Waals surface area contributed by atoms with Crippen LogP contribution in [0.2, 0.25) is 5.02 Å². The summed E-state index contributed by atoms with van der Waals surface area (Å²) in [4.78, 5) is 24.4. The Balaban J connectivity index is 1.10. The molecule has 3 saturated heterocycles. The first kappa shape index (κ1) is 22.8. The second-order valence-electron chi connectivity index (χ2n) is 10.2. The van der Waals surface area contributed by atoms with E-state index in [-0.39, 0.29) is 11.8 Å². The van der Waals surface area contributed by atoms with E-state index in [2.05, 4.69) is 21.9 Å². The van der Waals surface area contributed by atoms with Crippen LogP contribution >= 0.6 is 11.6 Å². The third kappa shape index (κ3) is 4.30. The predicted octanol–water partition coefficient (Wildman–Crippen LogP) is 2.92. The highest BCUT2D eigenvalue weighted by Gasteiger charge is 2.43. The average molecular weight is 503 g/mol. The van der Waals surface area contributed by atoms with Crippen LogP contribution in [0.1, 0.15) is 24.8 Å². The largest absolute Gasteiger partial charge is 0.492 e. The standard InChI is InChI=1S/C25H31ClN4O5/c26-19-5-4-16(21(10-19)29-8-9-34-22-3-1-2-20(22)29)11-27-12-17-14-28(15-18(17)13-27)25(33)35-30-23(31)6-7-24(30)32/h4-7,10,17-18,20,22,31-32H,1-3,8-9,11-15H2. The summed E-state index contributed by atoms with van der Waals surface area (Å²) in [5, 5.41) is 20.2. The van der Waals surface area contributed by atoms with Crippen molar-refractivity contribution in [3.63, 3.8) is 0 Å². The van der Waals surface area contributed by atoms with Gasteiger partial charge in [0.05, 0.1) is 18.8 Å². The van der Waals surface area contributed by atoms with Crippen molar-refractivity contribution in [2.75, 3.05) is 44.2 Å². The molecule has 1 aromatic carbocycles. The molecule has 4 unspecified atom stereocenters. The van der Waals surface area contributed by atoms with Crippen LogP contribution in [0.3, 0.4) is 0 Å². The van der Waals surface area contributed by atoms with E-state index in [4.69, 9.17) is 21.2 Å². The number of morpholine rings is 1. The van der Waals surface area contributed by atoms with Crippen LogP contribution < -0.4 is 9.74 Å². The average Bonchev–Trinajstić information content (AvgIpc) is 3.61. The van der Waals surface area contributed by atoms with E-state index in [9.17, 15) is 15.0 Å². The number of halogens is 1. The van der Waals surface area contributed by atoms with Gasteiger partial charge in [-0.25, -0.2) is 4.79 Å². The summed E-state index contributed by atoms with van der Waals surface area (Å²) in [6.45, 7) is 5.52. The minimum atomic E-state index is -0.564. The zero-order valence-electron chi connectivity index (χ0n) is 19.6. The Morgan fingerprint density at radius 3 is 2.54 bits per heavy atom. The van der Waals surface area contributed by atoms with Crippen LogP contribution in [-0.4, -0.2) is 82.3 Å². The molecule has 0 bridgehead atoms. The quantitative estimate of drug-likeness (QED) is 0.664. The molecule has 3 aliphatic heterocycles. The van der Waals surface area contributed by atoms with Gasteiger partial charge >= 0.3 is 6.09 Å². The van der Waals surface area contributed by atoms with Gasteiger partial charge in [-0.1, -0.05) is 17.7 Å². The van der Waals surface area contributed by atoms with E-state index in [0.29, 0.717) is 37.1 Å². The van der Waals surface area contributed by atoms with Gasteiger partial charge < -0.3 is 29.6 Å². The van der Waals surface area contributed by atoms with Gasteiger partial charge in [-0.2, -0.15) is 0 Å². The molecule has 1 aromatic heterocycles. The van der Waals surface area contributed by atoms with Gasteiger partial charge in [0.15, 0.2) is 0 Å². The number of ether oxygens (including phenoxy) is 1. The van der Waals surface area contributed by atoms with Gasteiger partial charge in [0.25, 0.3) is 0 Å². The molecule has 9 nitrogen and oxygen atoms in total. The number of nitrogens with zero attached hydrogens (tertiary/aromatic N) is 4. The molecule has 35 heavy (non-hydrogen) atoms. The lowest BCUT2D eigenvalue weighted by atomic mass is 10.0. The molecule has 2 aromatic rings. The van der Waals surface area contributed by atoms with Gasteiger partial charge in [-0.15, -0.1) is 4.73 Å². The first-order valence-corrected chi connectivity index (χ1v) is 12.8. The minimum absolute atomic E-state index is 0.315. The van der Waals surface area contributed by atoms with Crippen molar-refractivity contribution in [1.82, 2.24) is 14.5 Å². The van der Waals surface area contributed by atoms with Gasteiger partial charge in [-0.05, 0) is 48.8 Å². The van der Waals surface area contributed by atoms with Crippen LogP contribution in [0, 0.1) is 11.8 Å². The van der Waals surface area contributed by atoms with Crippen molar-refractivity contribution < 1.29 is 24.6 Å². The molecule has 1 saturated carbocycles. The van der Waals surface area contributed by atoms with Gasteiger partial charge in [0.1, 0.15) is 0 Å². The maximum absolute atomic E-state index is 12.6. The smallest absolute Gasteiger partial charge is 0.434 e. The van der Waals surface area contributed by atoms with E-state index >= 15 is 0 Å². The first-order valence-electron chi connectivity index (χ1n) is 12.4. The molecule has 0 spiro atoms. The fraction of sp³-hybridized carbons (Fsp3) is 0.560. The summed E-state index contributed by atoms with van der Waals surface area (Å²) in [6, 6.07) is 9.22. The fourth-order valence-electron chi connectivity index (χ4n) is 6.40. The van der Waals surface area contributed by atoms with Crippen LogP contribution in [-0.2, 0) is 11.3 Å². The molecule has 6 rings (SSSR count). The number of aromatic hydroxyl groups is 2. The number of aromatic nitrogens is 1. The Morgan fingerprint density at radius 1 is 1.06 bits per heavy atom. The SMILES string of the molecule is O=C(On1c(O)ccc1O)N1CC2CN(Cc3ccc(Cl)cc3N3CCOC4CCCC43)CC2C1. The molecule has 0 radical (unpaired) electrons. The molecule has 4 atom stereocenters. The Bertz CT molecular complexity index is 1080. The Morgan fingerprint density at radius 2 is 1.80 bits per heavy atom. The van der Waals surface area contributed by atoms with Crippen molar-refractivity contribution in [3.8, 4) is 11.8 Å². The van der Waals surface area contributed by atoms with E-state index < -0.39 is 6.09 Å². The van der Waals surface area contributed by atoms with E-state index in [0.717, 1.165) is 55.4 Å². The number of rotatable bonds is 4. The number of likely N-dealkylation sites (tertiary alicyclic amines) is 2. The van der Waals surface area contributed by atoms with E-state index in [1.165, 1.54) is 29.8 Å². The molecule has 4 aliphatic rings. The summed E-state index contributed by atoms with van der Waals surface area (Å²) >= 11 is 6.44. The molecular weight excluding hydrogens is 472 g/mol. The summed E-state index contributed by atoms with van der Waals surface area (Å²) in [6.07, 6.45) is 3.26. The van der Waals surface area contributed by atoms with Crippen molar-refractivity contribution >= 4 is 23.4 Å². The highest BCUT2D eigenvalue weighted by atomic mass is 35.5. The highest BCUT2D eigenvalue weighted by molar-refractivity contribution is 6.30. The number of benzene rings is 1. The topological polar surface area (TPSA) is 90.6 Å². The molecular formula is C25H31ClN4O5. The molecule has 2 N–H and O–H groups in total. The Labute approximate surface area is 209 Å². The second kappa shape index (κ2) is 9.11. The number of hydrogen-bond acceptors (Lipinski definition) is 7.